The summed E-state index contributed by atoms with van der Waals surface area (Å²) in [5.41, 5.74) is 2.10. The van der Waals surface area contributed by atoms with Gasteiger partial charge in [0, 0.05) is 11.8 Å². The molecule has 2 N–H and O–H groups in total. The van der Waals surface area contributed by atoms with E-state index < -0.39 is 20.1 Å². The summed E-state index contributed by atoms with van der Waals surface area (Å²) < 4.78 is 18.9. The molecule has 2 aliphatic rings. The molecule has 2 saturated heterocycles. The first-order valence-electron chi connectivity index (χ1n) is 10.3. The monoisotopic (exact) mass is 454 g/mol. The molecular weight excluding hydrogens is 424 g/mol. The first-order chi connectivity index (χ1) is 13.8. The second kappa shape index (κ2) is 7.23. The van der Waals surface area contributed by atoms with Crippen molar-refractivity contribution in [1.29, 1.82) is 0 Å². The highest BCUT2D eigenvalue weighted by Crippen LogP contribution is 2.48. The summed E-state index contributed by atoms with van der Waals surface area (Å²) in [6, 6.07) is -0.831. The Bertz CT molecular complexity index is 945. The van der Waals surface area contributed by atoms with Gasteiger partial charge >= 0.3 is 0 Å². The third kappa shape index (κ3) is 3.60. The number of nitrogens with zero attached hydrogens (tertiary/aromatic N) is 3. The predicted molar refractivity (Wildman–Crippen MR) is 116 cm³/mol. The molecule has 0 aliphatic carbocycles. The molecule has 4 rings (SSSR count). The predicted octanol–water partition coefficient (Wildman–Crippen LogP) is 4.27. The van der Waals surface area contributed by atoms with Crippen molar-refractivity contribution >= 4 is 31.0 Å². The highest BCUT2D eigenvalue weighted by molar-refractivity contribution is 6.74. The van der Waals surface area contributed by atoms with Crippen LogP contribution in [0.4, 0.5) is 0 Å². The van der Waals surface area contributed by atoms with Crippen LogP contribution in [-0.2, 0) is 13.9 Å². The van der Waals surface area contributed by atoms with E-state index in [4.69, 9.17) is 25.5 Å². The van der Waals surface area contributed by atoms with Gasteiger partial charge in [0.05, 0.1) is 24.2 Å². The van der Waals surface area contributed by atoms with Gasteiger partial charge in [0.2, 0.25) is 0 Å². The quantitative estimate of drug-likeness (QED) is 0.526. The van der Waals surface area contributed by atoms with Crippen LogP contribution in [0.2, 0.25) is 23.3 Å². The number of aromatic amines is 1. The zero-order valence-corrected chi connectivity index (χ0v) is 20.3. The van der Waals surface area contributed by atoms with Gasteiger partial charge in [0.25, 0.3) is 0 Å². The Labute approximate surface area is 183 Å². The number of H-pyrrole nitrogens is 1. The number of aromatic nitrogens is 3. The largest absolute Gasteiger partial charge is 0.415 e. The van der Waals surface area contributed by atoms with E-state index in [1.165, 1.54) is 11.4 Å². The Kier molecular flexibility index (Phi) is 5.33. The van der Waals surface area contributed by atoms with Crippen molar-refractivity contribution < 1.29 is 19.1 Å². The first kappa shape index (κ1) is 22.1. The van der Waals surface area contributed by atoms with Gasteiger partial charge in [0.15, 0.2) is 19.3 Å². The minimum absolute atomic E-state index is 0.0709. The van der Waals surface area contributed by atoms with Crippen LogP contribution in [0, 0.1) is 0 Å². The smallest absolute Gasteiger partial charge is 0.192 e. The van der Waals surface area contributed by atoms with Crippen LogP contribution >= 0.6 is 11.6 Å². The summed E-state index contributed by atoms with van der Waals surface area (Å²) in [5, 5.41) is 13.0. The van der Waals surface area contributed by atoms with Crippen molar-refractivity contribution in [3.8, 4) is 0 Å². The summed E-state index contributed by atoms with van der Waals surface area (Å²) in [6.07, 6.45) is 2.53. The number of fused-ring (bicyclic) bond motifs is 2. The number of hydroxylamine groups is 2. The SMILES string of the molecule is CC1(C)O[C@@H]2[C@H](O1)[C@@H](CO[Si](C)(C)C(C)(C)C)N(O)[C@H]2c1c[nH]c2c(Cl)ncnc12. The standard InChI is InChI=1S/C20H31ClN4O4Si/c1-19(2,3)30(6,7)27-9-12-16-17(29-20(4,5)28-16)15(25(12)26)11-8-22-14-13(11)23-10-24-18(14)21/h8,10,12,15-17,22,26H,9H2,1-7H3/t12-,15+,16-,17+/m1/s1. The van der Waals surface area contributed by atoms with Gasteiger partial charge < -0.3 is 24.1 Å². The van der Waals surface area contributed by atoms with E-state index in [1.807, 2.05) is 20.0 Å². The lowest BCUT2D eigenvalue weighted by molar-refractivity contribution is -0.220. The average molecular weight is 455 g/mol. The molecule has 8 nitrogen and oxygen atoms in total. The minimum Gasteiger partial charge on any atom is -0.415 e. The Morgan fingerprint density at radius 2 is 1.93 bits per heavy atom. The second-order valence-electron chi connectivity index (χ2n) is 10.2. The van der Waals surface area contributed by atoms with Gasteiger partial charge in [-0.15, -0.1) is 0 Å². The Hall–Kier alpha value is -1.07. The van der Waals surface area contributed by atoms with Crippen molar-refractivity contribution in [3.05, 3.63) is 23.2 Å². The lowest BCUT2D eigenvalue weighted by Crippen LogP contribution is -2.47. The molecule has 0 radical (unpaired) electrons. The molecule has 166 valence electrons. The van der Waals surface area contributed by atoms with Gasteiger partial charge in [-0.2, -0.15) is 5.06 Å². The Balaban J connectivity index is 1.68. The summed E-state index contributed by atoms with van der Waals surface area (Å²) in [7, 11) is -2.00. The molecular formula is C20H31ClN4O4Si. The van der Waals surface area contributed by atoms with Crippen molar-refractivity contribution in [2.75, 3.05) is 6.61 Å². The zero-order valence-electron chi connectivity index (χ0n) is 18.6. The third-order valence-corrected chi connectivity index (χ3v) is 11.5. The van der Waals surface area contributed by atoms with Crippen molar-refractivity contribution in [3.63, 3.8) is 0 Å². The number of hydrogen-bond donors (Lipinski definition) is 2. The maximum atomic E-state index is 11.2. The second-order valence-corrected chi connectivity index (χ2v) is 15.3. The average Bonchev–Trinajstić information content (AvgIpc) is 3.23. The first-order valence-corrected chi connectivity index (χ1v) is 13.6. The molecule has 2 fully saturated rings. The molecule has 0 aromatic carbocycles. The molecule has 0 amide bonds. The number of halogens is 1. The van der Waals surface area contributed by atoms with E-state index in [-0.39, 0.29) is 23.3 Å². The molecule has 4 atom stereocenters. The van der Waals surface area contributed by atoms with Gasteiger partial charge in [-0.05, 0) is 32.0 Å². The molecule has 2 aromatic heterocycles. The lowest BCUT2D eigenvalue weighted by atomic mass is 10.0. The van der Waals surface area contributed by atoms with Gasteiger partial charge in [-0.25, -0.2) is 9.97 Å². The molecule has 0 bridgehead atoms. The van der Waals surface area contributed by atoms with Crippen LogP contribution in [0.3, 0.4) is 0 Å². The fourth-order valence-electron chi connectivity index (χ4n) is 4.02. The molecule has 4 heterocycles. The third-order valence-electron chi connectivity index (χ3n) is 6.67. The Morgan fingerprint density at radius 3 is 2.60 bits per heavy atom. The minimum atomic E-state index is -2.00. The molecule has 2 aliphatic heterocycles. The fourth-order valence-corrected chi connectivity index (χ4v) is 5.23. The van der Waals surface area contributed by atoms with Crippen LogP contribution in [-0.4, -0.2) is 64.2 Å². The molecule has 10 heteroatoms. The van der Waals surface area contributed by atoms with Gasteiger partial charge in [-0.1, -0.05) is 32.4 Å². The van der Waals surface area contributed by atoms with Gasteiger partial charge in [-0.3, -0.25) is 0 Å². The summed E-state index contributed by atoms with van der Waals surface area (Å²) >= 11 is 6.21. The van der Waals surface area contributed by atoms with Crippen LogP contribution in [0.5, 0.6) is 0 Å². The van der Waals surface area contributed by atoms with Crippen molar-refractivity contribution in [1.82, 2.24) is 20.0 Å². The highest BCUT2D eigenvalue weighted by Gasteiger charge is 2.59. The molecule has 0 unspecified atom stereocenters. The molecule has 2 aromatic rings. The number of rotatable bonds is 4. The molecule has 0 saturated carbocycles. The maximum Gasteiger partial charge on any atom is 0.192 e. The van der Waals surface area contributed by atoms with E-state index in [0.717, 1.165) is 5.56 Å². The lowest BCUT2D eigenvalue weighted by Gasteiger charge is -2.38. The van der Waals surface area contributed by atoms with Gasteiger partial charge in [0.1, 0.15) is 24.1 Å². The van der Waals surface area contributed by atoms with E-state index in [0.29, 0.717) is 22.8 Å². The highest BCUT2D eigenvalue weighted by atomic mass is 35.5. The number of hydrogen-bond acceptors (Lipinski definition) is 7. The van der Waals surface area contributed by atoms with E-state index in [1.54, 1.807) is 0 Å². The number of ether oxygens (including phenoxy) is 2. The summed E-state index contributed by atoms with van der Waals surface area (Å²) in [4.78, 5) is 11.5. The summed E-state index contributed by atoms with van der Waals surface area (Å²) in [5.74, 6) is -0.747. The van der Waals surface area contributed by atoms with E-state index in [9.17, 15) is 5.21 Å². The van der Waals surface area contributed by atoms with Crippen LogP contribution in [0.15, 0.2) is 12.5 Å². The topological polar surface area (TPSA) is 92.7 Å². The zero-order chi connectivity index (χ0) is 22.1. The van der Waals surface area contributed by atoms with Crippen LogP contribution < -0.4 is 0 Å². The fraction of sp³-hybridized carbons (Fsp3) is 0.700. The number of nitrogens with one attached hydrogen (secondary N) is 1. The van der Waals surface area contributed by atoms with E-state index in [2.05, 4.69) is 48.8 Å². The Morgan fingerprint density at radius 1 is 1.27 bits per heavy atom. The molecule has 0 spiro atoms. The van der Waals surface area contributed by atoms with Crippen LogP contribution in [0.25, 0.3) is 11.0 Å². The van der Waals surface area contributed by atoms with E-state index >= 15 is 0 Å². The van der Waals surface area contributed by atoms with Crippen LogP contribution in [0.1, 0.15) is 46.2 Å². The normalized spacial score (nSPS) is 29.6. The maximum absolute atomic E-state index is 11.2. The van der Waals surface area contributed by atoms with Crippen molar-refractivity contribution in [2.45, 2.75) is 82.8 Å². The van der Waals surface area contributed by atoms with Crippen molar-refractivity contribution in [2.24, 2.45) is 0 Å². The molecule has 30 heavy (non-hydrogen) atoms. The summed E-state index contributed by atoms with van der Waals surface area (Å²) in [6.45, 7) is 15.1.